The number of hydrogen-bond donors (Lipinski definition) is 2. The third-order valence-electron chi connectivity index (χ3n) is 16.2. The Morgan fingerprint density at radius 3 is 1.75 bits per heavy atom. The van der Waals surface area contributed by atoms with E-state index in [2.05, 4.69) is 108 Å². The Balaban J connectivity index is 1.21. The second kappa shape index (κ2) is 10.5. The number of benzene rings is 2. The van der Waals surface area contributed by atoms with Crippen LogP contribution in [-0.4, -0.2) is 95.8 Å². The zero-order valence-electron chi connectivity index (χ0n) is 29.8. The summed E-state index contributed by atoms with van der Waals surface area (Å²) in [4.78, 5) is 5.56. The summed E-state index contributed by atoms with van der Waals surface area (Å²) < 4.78 is 2.18. The van der Waals surface area contributed by atoms with E-state index in [4.69, 9.17) is 0 Å². The van der Waals surface area contributed by atoms with Crippen LogP contribution in [0.3, 0.4) is 0 Å². The van der Waals surface area contributed by atoms with Crippen molar-refractivity contribution in [3.63, 3.8) is 0 Å². The lowest BCUT2D eigenvalue weighted by atomic mass is 9.56. The van der Waals surface area contributed by atoms with Crippen molar-refractivity contribution in [3.05, 3.63) is 132 Å². The summed E-state index contributed by atoms with van der Waals surface area (Å²) in [5, 5.41) is 21.0. The standard InChI is InChI=1S/C45H52N4O2/c1-3-5-19-49-21-17-45-37-11-7-9-13-39(37)47-26-34-32-24-40-44(16-20-48(40,18-4-2)28-30(32)14-22-50)36-10-6-8-12-38(36)46(42(34)44)27-35(43(45)47)33(25-41(45)49)31(29-49)15-23-51/h3-4,6-15,26-27,32-33,40-43,50-51H,1-2,5,16-25,28-29H2/q+2/b30-14+,31-15+,34-26-,35-27-/t32-,33-,40-,41-,42-,43-,44+,45+,48?,49?/m0/s1. The fourth-order valence-electron chi connectivity index (χ4n) is 14.7. The highest BCUT2D eigenvalue weighted by Gasteiger charge is 2.75. The molecule has 0 amide bonds. The van der Waals surface area contributed by atoms with Crippen LogP contribution in [0, 0.1) is 11.8 Å². The van der Waals surface area contributed by atoms with Crippen LogP contribution in [0.1, 0.15) is 43.2 Å². The zero-order chi connectivity index (χ0) is 34.3. The van der Waals surface area contributed by atoms with Crippen molar-refractivity contribution in [1.82, 2.24) is 0 Å². The molecule has 4 bridgehead atoms. The number of piperidine rings is 2. The average Bonchev–Trinajstić information content (AvgIpc) is 3.84. The third-order valence-corrected chi connectivity index (χ3v) is 16.2. The summed E-state index contributed by atoms with van der Waals surface area (Å²) in [6.45, 7) is 15.1. The molecule has 11 rings (SSSR count). The number of quaternary nitrogens is 2. The zero-order valence-corrected chi connectivity index (χ0v) is 29.8. The Morgan fingerprint density at radius 1 is 0.706 bits per heavy atom. The number of hydrogen-bond acceptors (Lipinski definition) is 4. The molecule has 9 aliphatic rings. The summed E-state index contributed by atoms with van der Waals surface area (Å²) >= 11 is 0. The second-order valence-corrected chi connectivity index (χ2v) is 17.5. The van der Waals surface area contributed by atoms with Crippen molar-refractivity contribution in [2.45, 2.75) is 67.1 Å². The number of para-hydroxylation sites is 2. The molecule has 0 aromatic heterocycles. The molecule has 7 heterocycles. The fraction of sp³-hybridized carbons (Fsp3) is 0.467. The van der Waals surface area contributed by atoms with Gasteiger partial charge in [-0.05, 0) is 51.6 Å². The Labute approximate surface area is 302 Å². The van der Waals surface area contributed by atoms with Gasteiger partial charge in [0.25, 0.3) is 0 Å². The van der Waals surface area contributed by atoms with Crippen molar-refractivity contribution in [3.8, 4) is 0 Å². The fourth-order valence-corrected chi connectivity index (χ4v) is 14.7. The molecule has 2 aromatic rings. The Morgan fingerprint density at radius 2 is 1.22 bits per heavy atom. The molecule has 10 atom stereocenters. The first-order chi connectivity index (χ1) is 25.0. The van der Waals surface area contributed by atoms with Gasteiger partial charge in [-0.15, -0.1) is 6.58 Å². The van der Waals surface area contributed by atoms with E-state index in [0.29, 0.717) is 23.9 Å². The summed E-state index contributed by atoms with van der Waals surface area (Å²) in [5.41, 5.74) is 11.9. The van der Waals surface area contributed by atoms with Gasteiger partial charge in [-0.2, -0.15) is 0 Å². The number of aliphatic hydroxyl groups excluding tert-OH is 2. The Bertz CT molecular complexity index is 2010. The van der Waals surface area contributed by atoms with E-state index in [0.717, 1.165) is 67.4 Å². The second-order valence-electron chi connectivity index (χ2n) is 17.5. The van der Waals surface area contributed by atoms with Gasteiger partial charge < -0.3 is 29.0 Å². The lowest BCUT2D eigenvalue weighted by Crippen LogP contribution is -2.69. The van der Waals surface area contributed by atoms with Crippen LogP contribution in [0.5, 0.6) is 0 Å². The minimum atomic E-state index is 0.0190. The van der Waals surface area contributed by atoms with Gasteiger partial charge in [-0.25, -0.2) is 0 Å². The first-order valence-corrected chi connectivity index (χ1v) is 19.7. The van der Waals surface area contributed by atoms with Gasteiger partial charge in [0.15, 0.2) is 0 Å². The van der Waals surface area contributed by atoms with Gasteiger partial charge in [0.1, 0.15) is 25.2 Å². The molecule has 2 N–H and O–H groups in total. The van der Waals surface area contributed by atoms with Crippen LogP contribution in [0.4, 0.5) is 11.4 Å². The predicted molar refractivity (Wildman–Crippen MR) is 203 cm³/mol. The maximum absolute atomic E-state index is 10.5. The number of nitrogens with zero attached hydrogens (tertiary/aromatic N) is 4. The SMILES string of the molecule is C=CCC[N+]12CC[C@@]34c5ccccc5N5/C=C6/[C@H]7C[C@H]8[C@@]9(CC[N+]8(CC=C)C/C7=C\CO)c7ccccc7N(/C=C(/[C@@H](C[C@@H]31)/C(=C/CO)C2)[C@H]54)[C@@H]69. The lowest BCUT2D eigenvalue weighted by molar-refractivity contribution is -0.942. The minimum Gasteiger partial charge on any atom is -0.392 e. The molecule has 0 radical (unpaired) electrons. The van der Waals surface area contributed by atoms with E-state index < -0.39 is 0 Å². The van der Waals surface area contributed by atoms with Crippen LogP contribution in [0.2, 0.25) is 0 Å². The third kappa shape index (κ3) is 3.50. The molecule has 2 aromatic carbocycles. The van der Waals surface area contributed by atoms with Crippen molar-refractivity contribution >= 4 is 11.4 Å². The van der Waals surface area contributed by atoms with Crippen LogP contribution >= 0.6 is 0 Å². The van der Waals surface area contributed by atoms with Crippen molar-refractivity contribution in [2.24, 2.45) is 11.8 Å². The molecule has 4 saturated heterocycles. The molecule has 6 fully saturated rings. The molecular weight excluding hydrogens is 629 g/mol. The number of rotatable bonds is 7. The van der Waals surface area contributed by atoms with Gasteiger partial charge in [-0.1, -0.05) is 61.2 Å². The molecule has 6 nitrogen and oxygen atoms in total. The van der Waals surface area contributed by atoms with E-state index in [1.165, 1.54) is 35.5 Å². The highest BCUT2D eigenvalue weighted by Crippen LogP contribution is 2.69. The smallest absolute Gasteiger partial charge is 0.103 e. The highest BCUT2D eigenvalue weighted by molar-refractivity contribution is 5.77. The van der Waals surface area contributed by atoms with Gasteiger partial charge in [0.05, 0.1) is 62.3 Å². The van der Waals surface area contributed by atoms with Gasteiger partial charge >= 0.3 is 0 Å². The maximum Gasteiger partial charge on any atom is 0.103 e. The number of fused-ring (bicyclic) bond motifs is 8. The van der Waals surface area contributed by atoms with Crippen molar-refractivity contribution in [2.75, 3.05) is 62.3 Å². The minimum absolute atomic E-state index is 0.0190. The molecule has 262 valence electrons. The topological polar surface area (TPSA) is 46.9 Å². The largest absolute Gasteiger partial charge is 0.392 e. The summed E-state index contributed by atoms with van der Waals surface area (Å²) in [5.74, 6) is 0.625. The monoisotopic (exact) mass is 680 g/mol. The molecule has 2 aliphatic carbocycles. The summed E-state index contributed by atoms with van der Waals surface area (Å²) in [6.07, 6.45) is 19.6. The van der Waals surface area contributed by atoms with Crippen LogP contribution in [0.15, 0.2) is 121 Å². The Hall–Kier alpha value is -3.68. The van der Waals surface area contributed by atoms with Gasteiger partial charge in [0, 0.05) is 67.7 Å². The number of aliphatic hydroxyl groups is 2. The molecular formula is C45H52N4O2+2. The quantitative estimate of drug-likeness (QED) is 0.284. The van der Waals surface area contributed by atoms with Crippen LogP contribution < -0.4 is 9.80 Å². The van der Waals surface area contributed by atoms with Crippen molar-refractivity contribution in [1.29, 1.82) is 0 Å². The molecule has 6 heteroatoms. The first-order valence-electron chi connectivity index (χ1n) is 19.7. The van der Waals surface area contributed by atoms with Crippen LogP contribution in [-0.2, 0) is 10.8 Å². The lowest BCUT2D eigenvalue weighted by Gasteiger charge is -2.59. The van der Waals surface area contributed by atoms with E-state index in [-0.39, 0.29) is 36.1 Å². The molecule has 2 spiro atoms. The maximum atomic E-state index is 10.5. The molecule has 2 unspecified atom stereocenters. The van der Waals surface area contributed by atoms with E-state index >= 15 is 0 Å². The van der Waals surface area contributed by atoms with E-state index in [1.807, 2.05) is 0 Å². The van der Waals surface area contributed by atoms with Gasteiger partial charge in [-0.3, -0.25) is 0 Å². The van der Waals surface area contributed by atoms with E-state index in [1.54, 1.807) is 22.3 Å². The highest BCUT2D eigenvalue weighted by atomic mass is 16.3. The Kier molecular flexibility index (Phi) is 6.34. The van der Waals surface area contributed by atoms with E-state index in [9.17, 15) is 10.2 Å². The average molecular weight is 681 g/mol. The molecule has 7 aliphatic heterocycles. The summed E-state index contributed by atoms with van der Waals surface area (Å²) in [7, 11) is 0. The van der Waals surface area contributed by atoms with Crippen molar-refractivity contribution < 1.29 is 19.2 Å². The number of anilines is 2. The van der Waals surface area contributed by atoms with Crippen LogP contribution in [0.25, 0.3) is 0 Å². The first kappa shape index (κ1) is 30.9. The predicted octanol–water partition coefficient (Wildman–Crippen LogP) is 5.87. The van der Waals surface area contributed by atoms with Gasteiger partial charge in [0.2, 0.25) is 0 Å². The normalized spacial score (nSPS) is 44.8. The molecule has 2 saturated carbocycles. The summed E-state index contributed by atoms with van der Waals surface area (Å²) in [6, 6.07) is 20.4. The molecule has 51 heavy (non-hydrogen) atoms.